The Morgan fingerprint density at radius 3 is 2.20 bits per heavy atom. The number of hydrazone groups is 1. The minimum atomic E-state index is -4.17. The number of nitrogens with one attached hydrogen (secondary N) is 1. The van der Waals surface area contributed by atoms with Crippen LogP contribution in [0.15, 0.2) is 58.5 Å². The normalized spacial score (nSPS) is 11.7. The van der Waals surface area contributed by atoms with Crippen molar-refractivity contribution in [2.45, 2.75) is 4.90 Å². The van der Waals surface area contributed by atoms with Gasteiger partial charge < -0.3 is 0 Å². The van der Waals surface area contributed by atoms with Gasteiger partial charge in [0.2, 0.25) is 0 Å². The monoisotopic (exact) mass is 310 g/mol. The zero-order valence-electron chi connectivity index (χ0n) is 10.2. The van der Waals surface area contributed by atoms with E-state index >= 15 is 0 Å². The average Bonchev–Trinajstić information content (AvgIpc) is 2.41. The first-order valence-electron chi connectivity index (χ1n) is 5.57. The van der Waals surface area contributed by atoms with Gasteiger partial charge in [0.15, 0.2) is 0 Å². The third-order valence-corrected chi connectivity index (χ3v) is 3.55. The van der Waals surface area contributed by atoms with Crippen molar-refractivity contribution in [3.8, 4) is 0 Å². The van der Waals surface area contributed by atoms with Crippen LogP contribution >= 0.6 is 11.6 Å². The van der Waals surface area contributed by atoms with Gasteiger partial charge in [-0.2, -0.15) is 13.5 Å². The van der Waals surface area contributed by atoms with Gasteiger partial charge in [-0.15, -0.1) is 0 Å². The fraction of sp³-hybridized carbons (Fsp3) is 0. The molecule has 0 unspecified atom stereocenters. The molecule has 0 saturated heterocycles. The summed E-state index contributed by atoms with van der Waals surface area (Å²) in [5, 5.41) is 4.65. The molecule has 0 saturated carbocycles. The summed E-state index contributed by atoms with van der Waals surface area (Å²) in [6.07, 6.45) is 1.60. The Balaban J connectivity index is 2.02. The summed E-state index contributed by atoms with van der Waals surface area (Å²) in [7, 11) is -4.17. The first-order chi connectivity index (χ1) is 9.45. The molecule has 0 spiro atoms. The van der Waals surface area contributed by atoms with Crippen molar-refractivity contribution in [2.75, 3.05) is 5.43 Å². The van der Waals surface area contributed by atoms with Crippen molar-refractivity contribution >= 4 is 33.6 Å². The summed E-state index contributed by atoms with van der Waals surface area (Å²) >= 11 is 5.76. The fourth-order valence-corrected chi connectivity index (χ4v) is 2.04. The van der Waals surface area contributed by atoms with E-state index in [0.717, 1.165) is 5.56 Å². The molecule has 0 radical (unpaired) electrons. The molecule has 0 aliphatic heterocycles. The number of hydrogen-bond donors (Lipinski definition) is 2. The molecule has 2 rings (SSSR count). The van der Waals surface area contributed by atoms with Crippen LogP contribution in [-0.2, 0) is 10.1 Å². The lowest BCUT2D eigenvalue weighted by Gasteiger charge is -2.01. The zero-order valence-corrected chi connectivity index (χ0v) is 11.8. The molecule has 0 aliphatic carbocycles. The maximum atomic E-state index is 10.9. The molecule has 0 atom stereocenters. The van der Waals surface area contributed by atoms with Crippen LogP contribution in [-0.4, -0.2) is 19.2 Å². The maximum absolute atomic E-state index is 10.9. The fourth-order valence-electron chi connectivity index (χ4n) is 1.43. The van der Waals surface area contributed by atoms with E-state index in [1.807, 2.05) is 12.1 Å². The van der Waals surface area contributed by atoms with Gasteiger partial charge >= 0.3 is 0 Å². The molecular formula is C13H11ClN2O3S. The van der Waals surface area contributed by atoms with E-state index in [0.29, 0.717) is 10.7 Å². The molecule has 5 nitrogen and oxygen atoms in total. The first-order valence-corrected chi connectivity index (χ1v) is 7.39. The molecular weight excluding hydrogens is 300 g/mol. The third kappa shape index (κ3) is 4.06. The van der Waals surface area contributed by atoms with Crippen LogP contribution < -0.4 is 5.43 Å². The highest BCUT2D eigenvalue weighted by atomic mass is 35.5. The first kappa shape index (κ1) is 14.5. The second-order valence-electron chi connectivity index (χ2n) is 3.92. The molecule has 0 heterocycles. The van der Waals surface area contributed by atoms with E-state index in [9.17, 15) is 8.42 Å². The number of rotatable bonds is 4. The van der Waals surface area contributed by atoms with Crippen LogP contribution in [0.25, 0.3) is 0 Å². The lowest BCUT2D eigenvalue weighted by atomic mass is 10.2. The van der Waals surface area contributed by atoms with Gasteiger partial charge in [-0.3, -0.25) is 9.98 Å². The Hall–Kier alpha value is -1.89. The standard InChI is InChI=1S/C13H11ClN2O3S/c14-11-3-1-10(2-4-11)9-15-16-12-5-7-13(8-6-12)20(17,18)19/h1-9,16H,(H,17,18,19). The Morgan fingerprint density at radius 2 is 1.65 bits per heavy atom. The van der Waals surface area contributed by atoms with E-state index in [1.165, 1.54) is 24.3 Å². The SMILES string of the molecule is O=S(=O)(O)c1ccc(NN=Cc2ccc(Cl)cc2)cc1. The van der Waals surface area contributed by atoms with Crippen LogP contribution in [0.4, 0.5) is 5.69 Å². The highest BCUT2D eigenvalue weighted by Gasteiger charge is 2.07. The molecule has 0 bridgehead atoms. The topological polar surface area (TPSA) is 78.8 Å². The summed E-state index contributed by atoms with van der Waals surface area (Å²) in [4.78, 5) is -0.162. The number of anilines is 1. The quantitative estimate of drug-likeness (QED) is 0.517. The van der Waals surface area contributed by atoms with Crippen LogP contribution in [0.3, 0.4) is 0 Å². The molecule has 0 aromatic heterocycles. The lowest BCUT2D eigenvalue weighted by molar-refractivity contribution is 0.483. The van der Waals surface area contributed by atoms with Gasteiger partial charge in [0.05, 0.1) is 16.8 Å². The van der Waals surface area contributed by atoms with E-state index in [4.69, 9.17) is 16.2 Å². The molecule has 2 aromatic rings. The smallest absolute Gasteiger partial charge is 0.282 e. The highest BCUT2D eigenvalue weighted by molar-refractivity contribution is 7.85. The summed E-state index contributed by atoms with van der Waals surface area (Å²) in [5.74, 6) is 0. The highest BCUT2D eigenvalue weighted by Crippen LogP contribution is 2.13. The lowest BCUT2D eigenvalue weighted by Crippen LogP contribution is -1.98. The second kappa shape index (κ2) is 6.04. The van der Waals surface area contributed by atoms with Crippen LogP contribution in [0.5, 0.6) is 0 Å². The van der Waals surface area contributed by atoms with Crippen molar-refractivity contribution in [2.24, 2.45) is 5.10 Å². The molecule has 2 aromatic carbocycles. The van der Waals surface area contributed by atoms with Crippen LogP contribution in [0, 0.1) is 0 Å². The van der Waals surface area contributed by atoms with E-state index < -0.39 is 10.1 Å². The van der Waals surface area contributed by atoms with Crippen molar-refractivity contribution in [3.05, 3.63) is 59.1 Å². The van der Waals surface area contributed by atoms with E-state index in [2.05, 4.69) is 10.5 Å². The maximum Gasteiger partial charge on any atom is 0.294 e. The minimum Gasteiger partial charge on any atom is -0.282 e. The van der Waals surface area contributed by atoms with Gasteiger partial charge in [-0.05, 0) is 42.0 Å². The predicted molar refractivity (Wildman–Crippen MR) is 78.9 cm³/mol. The van der Waals surface area contributed by atoms with E-state index in [1.54, 1.807) is 18.3 Å². The van der Waals surface area contributed by atoms with E-state index in [-0.39, 0.29) is 4.90 Å². The number of halogens is 1. The summed E-state index contributed by atoms with van der Waals surface area (Å²) in [6, 6.07) is 12.7. The Bertz CT molecular complexity index is 710. The number of hydrogen-bond acceptors (Lipinski definition) is 4. The van der Waals surface area contributed by atoms with Gasteiger partial charge in [0, 0.05) is 5.02 Å². The van der Waals surface area contributed by atoms with Crippen molar-refractivity contribution in [1.29, 1.82) is 0 Å². The van der Waals surface area contributed by atoms with Crippen molar-refractivity contribution < 1.29 is 13.0 Å². The Kier molecular flexibility index (Phi) is 4.39. The largest absolute Gasteiger partial charge is 0.294 e. The molecule has 0 amide bonds. The third-order valence-electron chi connectivity index (χ3n) is 2.43. The summed E-state index contributed by atoms with van der Waals surface area (Å²) in [5.41, 5.74) is 4.22. The van der Waals surface area contributed by atoms with Gasteiger partial charge in [0.25, 0.3) is 10.1 Å². The molecule has 104 valence electrons. The van der Waals surface area contributed by atoms with Crippen LogP contribution in [0.1, 0.15) is 5.56 Å². The average molecular weight is 311 g/mol. The van der Waals surface area contributed by atoms with Crippen LogP contribution in [0.2, 0.25) is 5.02 Å². The molecule has 0 fully saturated rings. The molecule has 7 heteroatoms. The molecule has 2 N–H and O–H groups in total. The molecule has 20 heavy (non-hydrogen) atoms. The zero-order chi connectivity index (χ0) is 14.6. The van der Waals surface area contributed by atoms with Gasteiger partial charge in [-0.25, -0.2) is 0 Å². The minimum absolute atomic E-state index is 0.162. The van der Waals surface area contributed by atoms with Crippen molar-refractivity contribution in [3.63, 3.8) is 0 Å². The Morgan fingerprint density at radius 1 is 1.05 bits per heavy atom. The molecule has 0 aliphatic rings. The van der Waals surface area contributed by atoms with Gasteiger partial charge in [0.1, 0.15) is 0 Å². The number of nitrogens with zero attached hydrogens (tertiary/aromatic N) is 1. The second-order valence-corrected chi connectivity index (χ2v) is 5.78. The number of benzene rings is 2. The summed E-state index contributed by atoms with van der Waals surface area (Å²) < 4.78 is 30.6. The summed E-state index contributed by atoms with van der Waals surface area (Å²) in [6.45, 7) is 0. The van der Waals surface area contributed by atoms with Gasteiger partial charge in [-0.1, -0.05) is 23.7 Å². The predicted octanol–water partition coefficient (Wildman–Crippen LogP) is 3.03. The van der Waals surface area contributed by atoms with Crippen molar-refractivity contribution in [1.82, 2.24) is 0 Å². The Labute approximate surface area is 121 Å².